The van der Waals surface area contributed by atoms with Crippen molar-refractivity contribution in [1.82, 2.24) is 61.1 Å². The number of aryl methyl sites for hydroxylation is 1. The summed E-state index contributed by atoms with van der Waals surface area (Å²) in [6.07, 6.45) is -0.770. The number of aliphatic carboxylic acids is 1. The second kappa shape index (κ2) is 28.3. The number of aliphatic hydroxyl groups is 1. The van der Waals surface area contributed by atoms with Crippen molar-refractivity contribution in [2.75, 3.05) is 32.1 Å². The minimum atomic E-state index is -1.31. The molecule has 464 valence electrons. The number of carbonyl (C=O) groups is 8. The lowest BCUT2D eigenvalue weighted by atomic mass is 9.90. The fourth-order valence-corrected chi connectivity index (χ4v) is 15.1. The molecule has 90 heavy (non-hydrogen) atoms. The first-order valence-electron chi connectivity index (χ1n) is 27.7. The van der Waals surface area contributed by atoms with Crippen molar-refractivity contribution in [2.45, 2.75) is 77.2 Å². The number of aliphatic hydroxyl groups excluding tert-OH is 1. The smallest absolute Gasteiger partial charge is 0.337 e. The van der Waals surface area contributed by atoms with Crippen LogP contribution in [0.5, 0.6) is 0 Å². The molecule has 1 aromatic carbocycles. The molecule has 1 aliphatic rings. The second-order valence-corrected chi connectivity index (χ2v) is 26.4. The van der Waals surface area contributed by atoms with E-state index in [1.165, 1.54) is 53.9 Å². The van der Waals surface area contributed by atoms with Crippen molar-refractivity contribution in [1.29, 1.82) is 0 Å². The molecule has 1 unspecified atom stereocenters. The van der Waals surface area contributed by atoms with Crippen LogP contribution in [0, 0.1) is 12.8 Å². The van der Waals surface area contributed by atoms with Gasteiger partial charge in [0, 0.05) is 77.6 Å². The van der Waals surface area contributed by atoms with Crippen molar-refractivity contribution >= 4 is 121 Å². The first-order chi connectivity index (χ1) is 43.3. The van der Waals surface area contributed by atoms with Gasteiger partial charge in [-0.3, -0.25) is 43.4 Å². The number of aromatic nitrogens is 8. The van der Waals surface area contributed by atoms with Crippen LogP contribution in [0.2, 0.25) is 0 Å². The Labute approximate surface area is 536 Å². The van der Waals surface area contributed by atoms with Crippen LogP contribution in [0.15, 0.2) is 82.3 Å². The molecular formula is C59H55N13O12S6. The Morgan fingerprint density at radius 2 is 1.47 bits per heavy atom. The molecule has 0 saturated carbocycles. The van der Waals surface area contributed by atoms with Gasteiger partial charge in [0.2, 0.25) is 11.8 Å². The molecule has 0 fully saturated rings. The molecule has 0 spiro atoms. The number of amides is 5. The van der Waals surface area contributed by atoms with Crippen molar-refractivity contribution in [2.24, 2.45) is 5.92 Å². The van der Waals surface area contributed by atoms with Crippen molar-refractivity contribution in [3.8, 4) is 43.4 Å². The van der Waals surface area contributed by atoms with Gasteiger partial charge in [-0.25, -0.2) is 39.7 Å². The fraction of sp³-hybridized carbons (Fsp3) is 0.288. The maximum absolute atomic E-state index is 14.4. The zero-order chi connectivity index (χ0) is 63.9. The number of aromatic carboxylic acids is 1. The Balaban J connectivity index is 1.06. The highest BCUT2D eigenvalue weighted by Crippen LogP contribution is 2.41. The summed E-state index contributed by atoms with van der Waals surface area (Å²) in [6.45, 7) is 4.99. The molecule has 25 nitrogen and oxygen atoms in total. The topological polar surface area (TPSA) is 361 Å². The number of hydrogen-bond donors (Lipinski definition) is 7. The van der Waals surface area contributed by atoms with Crippen molar-refractivity contribution in [3.05, 3.63) is 141 Å². The van der Waals surface area contributed by atoms with E-state index in [1.807, 2.05) is 13.8 Å². The Hall–Kier alpha value is -8.82. The Morgan fingerprint density at radius 3 is 2.19 bits per heavy atom. The van der Waals surface area contributed by atoms with Crippen LogP contribution in [0.3, 0.4) is 0 Å². The van der Waals surface area contributed by atoms with Crippen LogP contribution in [0.1, 0.15) is 146 Å². The summed E-state index contributed by atoms with van der Waals surface area (Å²) in [5.74, 6) is -6.19. The van der Waals surface area contributed by atoms with E-state index in [9.17, 15) is 53.7 Å². The quantitative estimate of drug-likeness (QED) is 0.0504. The summed E-state index contributed by atoms with van der Waals surface area (Å²) < 4.78 is 5.47. The highest BCUT2D eigenvalue weighted by atomic mass is 32.1. The average Bonchev–Trinajstić information content (AvgIpc) is 1.76. The lowest BCUT2D eigenvalue weighted by Gasteiger charge is -2.23. The maximum atomic E-state index is 14.4. The molecule has 0 saturated heterocycles. The number of benzene rings is 1. The zero-order valence-electron chi connectivity index (χ0n) is 48.4. The number of carbonyl (C=O) groups excluding carboxylic acids is 6. The number of hydrogen-bond acceptors (Lipinski definition) is 24. The number of anilines is 1. The molecule has 1 aliphatic heterocycles. The van der Waals surface area contributed by atoms with E-state index in [2.05, 4.69) is 26.3 Å². The van der Waals surface area contributed by atoms with E-state index in [1.54, 1.807) is 70.9 Å². The highest BCUT2D eigenvalue weighted by molar-refractivity contribution is 7.15. The number of carboxylic acids is 2. The molecular weight excluding hydrogens is 1280 g/mol. The molecule has 4 atom stereocenters. The number of pyridine rings is 2. The van der Waals surface area contributed by atoms with Gasteiger partial charge < -0.3 is 41.3 Å². The lowest BCUT2D eigenvalue weighted by molar-refractivity contribution is -0.137. The number of ketones is 1. The minimum absolute atomic E-state index is 0.00978. The summed E-state index contributed by atoms with van der Waals surface area (Å²) in [7, 11) is 2.93. The normalized spacial score (nSPS) is 16.0. The van der Waals surface area contributed by atoms with Crippen molar-refractivity contribution in [3.63, 3.8) is 0 Å². The first kappa shape index (κ1) is 64.2. The van der Waals surface area contributed by atoms with Gasteiger partial charge in [0.05, 0.1) is 46.8 Å². The SMILES string of the molecule is CNC(=O)C[C@@H]1NC(=O)c2csc(n2)-c2ccc(-c3nc(N(CCCC(=O)O)C(=O)c4ccc(C(=O)O)cn4)cs3)nc2-c2csc(n2)-c2csc(n2)[C@H]([C@@H](O)c2ccccc2)NC(=O)CNC(=O)c2nc(sc2COC)C(C(C)C)CC(=O)c2nc1sc2C. The molecule has 9 aromatic rings. The Morgan fingerprint density at radius 1 is 0.744 bits per heavy atom. The van der Waals surface area contributed by atoms with Gasteiger partial charge in [0.25, 0.3) is 17.7 Å². The average molecular weight is 1330 g/mol. The van der Waals surface area contributed by atoms with E-state index in [4.69, 9.17) is 39.6 Å². The van der Waals surface area contributed by atoms with E-state index in [0.29, 0.717) is 68.0 Å². The summed E-state index contributed by atoms with van der Waals surface area (Å²) in [5, 5.41) is 50.7. The number of carboxylic acid groups (broad SMARTS) is 2. The third kappa shape index (κ3) is 14.6. The Kier molecular flexibility index (Phi) is 20.2. The predicted molar refractivity (Wildman–Crippen MR) is 338 cm³/mol. The van der Waals surface area contributed by atoms with E-state index in [0.717, 1.165) is 51.5 Å². The van der Waals surface area contributed by atoms with Gasteiger partial charge in [-0.2, -0.15) is 0 Å². The molecule has 31 heteroatoms. The molecule has 10 bridgehead atoms. The van der Waals surface area contributed by atoms with Crippen molar-refractivity contribution < 1.29 is 58.4 Å². The summed E-state index contributed by atoms with van der Waals surface area (Å²) in [6, 6.07) is 12.5. The number of rotatable bonds is 15. The third-order valence-electron chi connectivity index (χ3n) is 14.1. The van der Waals surface area contributed by atoms with Gasteiger partial charge >= 0.3 is 11.9 Å². The fourth-order valence-electron chi connectivity index (χ4n) is 9.45. The number of nitrogens with one attached hydrogen (secondary N) is 4. The maximum Gasteiger partial charge on any atom is 0.337 e. The van der Waals surface area contributed by atoms with Crippen LogP contribution in [-0.4, -0.2) is 130 Å². The predicted octanol–water partition coefficient (Wildman–Crippen LogP) is 8.80. The number of nitrogens with zero attached hydrogens (tertiary/aromatic N) is 9. The number of methoxy groups -OCH3 is 1. The largest absolute Gasteiger partial charge is 0.481 e. The van der Waals surface area contributed by atoms with E-state index >= 15 is 0 Å². The van der Waals surface area contributed by atoms with Crippen LogP contribution in [0.4, 0.5) is 5.82 Å². The van der Waals surface area contributed by atoms with Gasteiger partial charge in [0.1, 0.15) is 82.9 Å². The number of fused-ring (bicyclic) bond motifs is 14. The van der Waals surface area contributed by atoms with Crippen LogP contribution in [-0.2, 0) is 25.7 Å². The number of Topliss-reactive ketones (excluding diaryl/α,β-unsaturated/α-hetero) is 1. The minimum Gasteiger partial charge on any atom is -0.481 e. The highest BCUT2D eigenvalue weighted by Gasteiger charge is 2.34. The second-order valence-electron chi connectivity index (χ2n) is 20.6. The van der Waals surface area contributed by atoms with Crippen LogP contribution >= 0.6 is 68.0 Å². The molecule has 8 aromatic heterocycles. The van der Waals surface area contributed by atoms with Gasteiger partial charge in [-0.1, -0.05) is 44.2 Å². The van der Waals surface area contributed by atoms with E-state index in [-0.39, 0.29) is 90.4 Å². The summed E-state index contributed by atoms with van der Waals surface area (Å²) in [5.41, 5.74) is 2.15. The lowest BCUT2D eigenvalue weighted by Crippen LogP contribution is -2.40. The first-order valence-corrected chi connectivity index (χ1v) is 32.8. The van der Waals surface area contributed by atoms with E-state index < -0.39 is 72.1 Å². The van der Waals surface area contributed by atoms with Crippen LogP contribution < -0.4 is 26.2 Å². The molecule has 0 radical (unpaired) electrons. The van der Waals surface area contributed by atoms with Gasteiger partial charge in [0.15, 0.2) is 5.78 Å². The van der Waals surface area contributed by atoms with Gasteiger partial charge in [-0.15, -0.1) is 68.0 Å². The number of thiazole rings is 6. The summed E-state index contributed by atoms with van der Waals surface area (Å²) >= 11 is 7.02. The van der Waals surface area contributed by atoms with Gasteiger partial charge in [-0.05, 0) is 49.1 Å². The third-order valence-corrected chi connectivity index (χ3v) is 19.9. The Bertz CT molecular complexity index is 4180. The monoisotopic (exact) mass is 1330 g/mol. The molecule has 7 N–H and O–H groups in total. The standard InChI is InChI=1S/C59H55N13O12S6/c1-27(2)32-18-39(73)45-28(3)89-56(70-45)35(19-42(74)60-4)64-50(79)37-24-85-52(66-37)31-14-16-33(54-68-41(26-88-54)72(17-9-12-44(76)77)58(81)34-15-13-30(20-61-34)59(82)83)63-46(31)36-23-86-55(65-36)38-25-87-57(67-38)48(49(78)29-10-7-6-8-11-29)69-43(75)21-62-51(80)47-40(22-84-5)90-53(32)71-47/h6-8,10-11,13-16,20,23-27,32,35,48-49,78H,9,12,17-19,21-22H2,1-5H3,(H,60,74)(H,62,80)(H,64,79)(H,69,75)(H,76,77)(H,82,83)/t32?,35-,48-,49-/m0/s1. The molecule has 10 rings (SSSR count). The summed E-state index contributed by atoms with van der Waals surface area (Å²) in [4.78, 5) is 148. The zero-order valence-corrected chi connectivity index (χ0v) is 53.3. The molecule has 0 aliphatic carbocycles. The number of ether oxygens (including phenoxy) is 1. The molecule has 9 heterocycles. The van der Waals surface area contributed by atoms with Crippen LogP contribution in [0.25, 0.3) is 43.4 Å². The molecule has 5 amide bonds.